The van der Waals surface area contributed by atoms with Crippen LogP contribution in [-0.2, 0) is 17.6 Å². The van der Waals surface area contributed by atoms with Crippen LogP contribution in [0.1, 0.15) is 23.8 Å². The second kappa shape index (κ2) is 8.86. The van der Waals surface area contributed by atoms with E-state index in [9.17, 15) is 9.90 Å². The monoisotopic (exact) mass is 488 g/mol. The molecule has 11 heteroatoms. The average molecular weight is 489 g/mol. The van der Waals surface area contributed by atoms with E-state index in [-0.39, 0.29) is 18.4 Å². The summed E-state index contributed by atoms with van der Waals surface area (Å²) >= 11 is 9.42. The largest absolute Gasteiger partial charge is 0.395 e. The Morgan fingerprint density at radius 1 is 1.38 bits per heavy atom. The van der Waals surface area contributed by atoms with Crippen LogP contribution < -0.4 is 5.32 Å². The molecule has 0 radical (unpaired) electrons. The van der Waals surface area contributed by atoms with Gasteiger partial charge in [-0.15, -0.1) is 16.4 Å². The molecule has 1 aromatic carbocycles. The molecule has 1 amide bonds. The van der Waals surface area contributed by atoms with E-state index in [4.69, 9.17) is 11.6 Å². The number of aryl methyl sites for hydroxylation is 1. The van der Waals surface area contributed by atoms with Gasteiger partial charge in [-0.1, -0.05) is 16.1 Å². The van der Waals surface area contributed by atoms with Gasteiger partial charge in [0.2, 0.25) is 5.91 Å². The molecule has 0 saturated heterocycles. The quantitative estimate of drug-likeness (QED) is 0.422. The van der Waals surface area contributed by atoms with Gasteiger partial charge >= 0.3 is 0 Å². The number of fused-ring (bicyclic) bond motifs is 4. The van der Waals surface area contributed by atoms with Gasteiger partial charge in [-0.2, -0.15) is 0 Å². The molecule has 3 aromatic heterocycles. The second-order valence-corrected chi connectivity index (χ2v) is 9.96. The highest BCUT2D eigenvalue weighted by Gasteiger charge is 2.31. The van der Waals surface area contributed by atoms with Crippen molar-refractivity contribution < 1.29 is 9.90 Å². The highest BCUT2D eigenvalue weighted by atomic mass is 35.5. The third-order valence-corrected chi connectivity index (χ3v) is 8.01. The minimum Gasteiger partial charge on any atom is -0.395 e. The van der Waals surface area contributed by atoms with E-state index in [1.54, 1.807) is 28.6 Å². The summed E-state index contributed by atoms with van der Waals surface area (Å²) < 4.78 is 4.92. The van der Waals surface area contributed by atoms with Crippen LogP contribution in [0.2, 0.25) is 5.02 Å². The number of benzene rings is 1. The first-order chi connectivity index (χ1) is 15.6. The predicted octanol–water partition coefficient (Wildman–Crippen LogP) is 4.04. The average Bonchev–Trinajstić information content (AvgIpc) is 3.40. The number of likely N-dealkylation sites (N-methyl/N-ethyl adjacent to an activating group) is 1. The number of thiophene rings is 1. The number of amides is 1. The Morgan fingerprint density at radius 3 is 3.06 bits per heavy atom. The fourth-order valence-corrected chi connectivity index (χ4v) is 6.30. The first kappa shape index (κ1) is 21.4. The van der Waals surface area contributed by atoms with Gasteiger partial charge in [-0.05, 0) is 55.4 Å². The molecule has 2 N–H and O–H groups in total. The second-order valence-electron chi connectivity index (χ2n) is 7.69. The number of aliphatic hydroxyl groups is 1. The smallest absolute Gasteiger partial charge is 0.226 e. The van der Waals surface area contributed by atoms with Crippen LogP contribution in [-0.4, -0.2) is 55.2 Å². The molecule has 0 aliphatic heterocycles. The number of hydrogen-bond donors (Lipinski definition) is 2. The lowest BCUT2D eigenvalue weighted by molar-refractivity contribution is -0.136. The van der Waals surface area contributed by atoms with Gasteiger partial charge in [-0.25, -0.2) is 9.97 Å². The molecule has 3 heterocycles. The number of carbonyl (C=O) groups is 1. The van der Waals surface area contributed by atoms with E-state index >= 15 is 0 Å². The number of nitrogens with one attached hydrogen (secondary N) is 1. The van der Waals surface area contributed by atoms with E-state index in [2.05, 4.69) is 24.9 Å². The highest BCUT2D eigenvalue weighted by molar-refractivity contribution is 7.19. The van der Waals surface area contributed by atoms with Gasteiger partial charge in [0.25, 0.3) is 0 Å². The number of halogens is 1. The maximum atomic E-state index is 12.9. The Hall–Kier alpha value is -2.40. The molecule has 4 aromatic rings. The molecular formula is C21H21ClN6O2S2. The van der Waals surface area contributed by atoms with Crippen molar-refractivity contribution in [2.45, 2.75) is 26.2 Å². The summed E-state index contributed by atoms with van der Waals surface area (Å²) in [4.78, 5) is 25.8. The van der Waals surface area contributed by atoms with E-state index in [1.807, 2.05) is 13.0 Å². The van der Waals surface area contributed by atoms with Gasteiger partial charge in [0.15, 0.2) is 0 Å². The lowest BCUT2D eigenvalue weighted by Crippen LogP contribution is -2.39. The number of carbonyl (C=O) groups excluding carboxylic acids is 1. The van der Waals surface area contributed by atoms with E-state index < -0.39 is 0 Å². The third kappa shape index (κ3) is 3.81. The topological polar surface area (TPSA) is 104 Å². The molecule has 1 aliphatic carbocycles. The van der Waals surface area contributed by atoms with Crippen LogP contribution in [0.25, 0.3) is 20.4 Å². The molecule has 5 rings (SSSR count). The summed E-state index contributed by atoms with van der Waals surface area (Å²) in [5.74, 6) is 0.765. The zero-order chi connectivity index (χ0) is 22.2. The molecule has 0 fully saturated rings. The predicted molar refractivity (Wildman–Crippen MR) is 128 cm³/mol. The molecule has 0 spiro atoms. The van der Waals surface area contributed by atoms with Crippen LogP contribution >= 0.6 is 34.5 Å². The first-order valence-corrected chi connectivity index (χ1v) is 12.4. The Morgan fingerprint density at radius 2 is 2.25 bits per heavy atom. The third-order valence-electron chi connectivity index (χ3n) is 5.85. The van der Waals surface area contributed by atoms with Gasteiger partial charge in [0.05, 0.1) is 27.4 Å². The fraction of sp³-hybridized carbons (Fsp3) is 0.381. The molecule has 1 aliphatic rings. The Bertz CT molecular complexity index is 1310. The number of anilines is 2. The van der Waals surface area contributed by atoms with Crippen molar-refractivity contribution in [3.05, 3.63) is 33.9 Å². The molecule has 0 saturated carbocycles. The van der Waals surface area contributed by atoms with Gasteiger partial charge in [0.1, 0.15) is 22.5 Å². The SMILES string of the molecule is CCN(CCO)C(=O)[C@H]1CCc2c(sc3ncnc(Nc4cc5snnc5cc4Cl)c23)C1. The van der Waals surface area contributed by atoms with E-state index in [1.165, 1.54) is 22.0 Å². The first-order valence-electron chi connectivity index (χ1n) is 10.4. The molecule has 1 atom stereocenters. The Balaban J connectivity index is 1.47. The van der Waals surface area contributed by atoms with Crippen LogP contribution in [0, 0.1) is 5.92 Å². The molecule has 0 bridgehead atoms. The van der Waals surface area contributed by atoms with Gasteiger partial charge in [-0.3, -0.25) is 4.79 Å². The molecule has 8 nitrogen and oxygen atoms in total. The van der Waals surface area contributed by atoms with Crippen molar-refractivity contribution in [1.82, 2.24) is 24.5 Å². The van der Waals surface area contributed by atoms with Crippen molar-refractivity contribution in [3.8, 4) is 0 Å². The van der Waals surface area contributed by atoms with Crippen molar-refractivity contribution >= 4 is 72.3 Å². The Kier molecular flexibility index (Phi) is 5.93. The summed E-state index contributed by atoms with van der Waals surface area (Å²) in [5, 5.41) is 18.3. The van der Waals surface area contributed by atoms with Crippen molar-refractivity contribution in [2.24, 2.45) is 5.92 Å². The fourth-order valence-electron chi connectivity index (χ4n) is 4.24. The molecule has 0 unspecified atom stereocenters. The van der Waals surface area contributed by atoms with Crippen LogP contribution in [0.5, 0.6) is 0 Å². The maximum Gasteiger partial charge on any atom is 0.226 e. The standard InChI is InChI=1S/C21H21ClN6O2S2/c1-2-28(5-6-29)21(30)11-3-4-12-16(7-11)31-20-18(12)19(23-10-24-20)25-14-9-17-15(8-13(14)22)26-27-32-17/h8-11,29H,2-7H2,1H3,(H,23,24,25)/t11-/m0/s1. The molecular weight excluding hydrogens is 468 g/mol. The zero-order valence-electron chi connectivity index (χ0n) is 17.3. The van der Waals surface area contributed by atoms with Crippen molar-refractivity contribution in [2.75, 3.05) is 25.0 Å². The highest BCUT2D eigenvalue weighted by Crippen LogP contribution is 2.41. The summed E-state index contributed by atoms with van der Waals surface area (Å²) in [6, 6.07) is 3.73. The van der Waals surface area contributed by atoms with Gasteiger partial charge in [0, 0.05) is 23.9 Å². The lowest BCUT2D eigenvalue weighted by atomic mass is 9.87. The number of hydrogen-bond acceptors (Lipinski definition) is 9. The summed E-state index contributed by atoms with van der Waals surface area (Å²) in [6.07, 6.45) is 3.80. The molecule has 32 heavy (non-hydrogen) atoms. The number of rotatable bonds is 6. The molecule has 166 valence electrons. The van der Waals surface area contributed by atoms with E-state index in [0.29, 0.717) is 30.4 Å². The van der Waals surface area contributed by atoms with Crippen LogP contribution in [0.3, 0.4) is 0 Å². The number of aromatic nitrogens is 4. The number of nitrogens with zero attached hydrogens (tertiary/aromatic N) is 5. The van der Waals surface area contributed by atoms with Crippen molar-refractivity contribution in [1.29, 1.82) is 0 Å². The normalized spacial score (nSPS) is 15.8. The zero-order valence-corrected chi connectivity index (χ0v) is 19.7. The Labute approximate surface area is 197 Å². The minimum absolute atomic E-state index is 0.0169. The minimum atomic E-state index is -0.0675. The summed E-state index contributed by atoms with van der Waals surface area (Å²) in [7, 11) is 0. The number of aliphatic hydroxyl groups excluding tert-OH is 1. The van der Waals surface area contributed by atoms with Crippen molar-refractivity contribution in [3.63, 3.8) is 0 Å². The van der Waals surface area contributed by atoms with Crippen LogP contribution in [0.15, 0.2) is 18.5 Å². The lowest BCUT2D eigenvalue weighted by Gasteiger charge is -2.28. The van der Waals surface area contributed by atoms with E-state index in [0.717, 1.165) is 39.0 Å². The maximum absolute atomic E-state index is 12.9. The summed E-state index contributed by atoms with van der Waals surface area (Å²) in [5.41, 5.74) is 2.72. The van der Waals surface area contributed by atoms with Gasteiger partial charge < -0.3 is 15.3 Å². The summed E-state index contributed by atoms with van der Waals surface area (Å²) in [6.45, 7) is 2.91. The van der Waals surface area contributed by atoms with Crippen LogP contribution in [0.4, 0.5) is 11.5 Å².